The minimum atomic E-state index is 0.0216. The summed E-state index contributed by atoms with van der Waals surface area (Å²) in [7, 11) is 0. The van der Waals surface area contributed by atoms with E-state index in [0.717, 1.165) is 13.1 Å². The van der Waals surface area contributed by atoms with Gasteiger partial charge in [-0.2, -0.15) is 0 Å². The minimum absolute atomic E-state index is 0.0216. The summed E-state index contributed by atoms with van der Waals surface area (Å²) in [6.45, 7) is 4.29. The van der Waals surface area contributed by atoms with Crippen LogP contribution in [0.5, 0.6) is 0 Å². The lowest BCUT2D eigenvalue weighted by Crippen LogP contribution is -2.43. The Bertz CT molecular complexity index is 607. The topological polar surface area (TPSA) is 50.2 Å². The van der Waals surface area contributed by atoms with Crippen molar-refractivity contribution in [3.63, 3.8) is 0 Å². The van der Waals surface area contributed by atoms with Crippen LogP contribution in [0.4, 0.5) is 4.79 Å². The van der Waals surface area contributed by atoms with Crippen LogP contribution in [-0.2, 0) is 6.54 Å². The van der Waals surface area contributed by atoms with Crippen LogP contribution in [0, 0.1) is 5.92 Å². The van der Waals surface area contributed by atoms with Crippen molar-refractivity contribution in [2.45, 2.75) is 32.4 Å². The van der Waals surface area contributed by atoms with E-state index in [1.165, 1.54) is 18.4 Å². The van der Waals surface area contributed by atoms with E-state index in [1.54, 1.807) is 12.5 Å². The molecule has 0 radical (unpaired) electrons. The molecule has 2 aromatic rings. The highest BCUT2D eigenvalue weighted by molar-refractivity contribution is 5.74. The first-order valence-corrected chi connectivity index (χ1v) is 8.29. The summed E-state index contributed by atoms with van der Waals surface area (Å²) in [5.74, 6) is 0.667. The molecule has 1 atom stereocenters. The van der Waals surface area contributed by atoms with Crippen molar-refractivity contribution < 1.29 is 4.79 Å². The zero-order chi connectivity index (χ0) is 16.1. The van der Waals surface area contributed by atoms with Gasteiger partial charge in [0.1, 0.15) is 0 Å². The fourth-order valence-corrected chi connectivity index (χ4v) is 2.72. The molecule has 1 aliphatic rings. The lowest BCUT2D eigenvalue weighted by molar-refractivity contribution is 0.175. The average Bonchev–Trinajstić information content (AvgIpc) is 3.26. The highest BCUT2D eigenvalue weighted by Gasteiger charge is 2.29. The van der Waals surface area contributed by atoms with Crippen LogP contribution < -0.4 is 5.32 Å². The number of urea groups is 1. The first-order valence-electron chi connectivity index (χ1n) is 8.29. The molecule has 1 saturated carbocycles. The minimum Gasteiger partial charge on any atom is -0.336 e. The molecule has 0 saturated heterocycles. The molecule has 3 rings (SSSR count). The van der Waals surface area contributed by atoms with E-state index in [2.05, 4.69) is 29.4 Å². The Kier molecular flexibility index (Phi) is 4.95. The Labute approximate surface area is 137 Å². The molecule has 1 aliphatic carbocycles. The second kappa shape index (κ2) is 7.31. The second-order valence-corrected chi connectivity index (χ2v) is 6.21. The van der Waals surface area contributed by atoms with Gasteiger partial charge in [-0.25, -0.2) is 9.78 Å². The third-order valence-electron chi connectivity index (χ3n) is 4.37. The Morgan fingerprint density at radius 1 is 1.39 bits per heavy atom. The summed E-state index contributed by atoms with van der Waals surface area (Å²) in [6.07, 6.45) is 7.89. The van der Waals surface area contributed by atoms with Gasteiger partial charge in [0.15, 0.2) is 0 Å². The smallest absolute Gasteiger partial charge is 0.317 e. The highest BCUT2D eigenvalue weighted by Crippen LogP contribution is 2.32. The van der Waals surface area contributed by atoms with Gasteiger partial charge in [-0.3, -0.25) is 0 Å². The molecule has 0 unspecified atom stereocenters. The predicted octanol–water partition coefficient (Wildman–Crippen LogP) is 3.07. The molecule has 23 heavy (non-hydrogen) atoms. The quantitative estimate of drug-likeness (QED) is 0.854. The maximum absolute atomic E-state index is 12.6. The third kappa shape index (κ3) is 4.34. The second-order valence-electron chi connectivity index (χ2n) is 6.21. The summed E-state index contributed by atoms with van der Waals surface area (Å²) in [6, 6.07) is 10.3. The molecule has 1 aromatic carbocycles. The fraction of sp³-hybridized carbons (Fsp3) is 0.444. The number of rotatable bonds is 7. The Balaban J connectivity index is 1.59. The first-order chi connectivity index (χ1) is 11.2. The van der Waals surface area contributed by atoms with Gasteiger partial charge in [0.2, 0.25) is 0 Å². The SMILES string of the molecule is C[C@H](c1ccccc1)N(CC1CC1)C(=O)NCCn1ccnc1. The Hall–Kier alpha value is -2.30. The number of hydrogen-bond donors (Lipinski definition) is 1. The van der Waals surface area contributed by atoms with Gasteiger partial charge in [0.05, 0.1) is 12.4 Å². The van der Waals surface area contributed by atoms with Gasteiger partial charge in [0.25, 0.3) is 0 Å². The standard InChI is InChI=1S/C18H24N4O/c1-15(17-5-3-2-4-6-17)22(13-16-7-8-16)18(23)20-10-12-21-11-9-19-14-21/h2-6,9,11,14-16H,7-8,10,12-13H2,1H3,(H,20,23)/t15-/m1/s1. The van der Waals surface area contributed by atoms with E-state index in [4.69, 9.17) is 0 Å². The largest absolute Gasteiger partial charge is 0.336 e. The summed E-state index contributed by atoms with van der Waals surface area (Å²) in [5, 5.41) is 3.04. The molecule has 1 fully saturated rings. The molecular formula is C18H24N4O. The van der Waals surface area contributed by atoms with E-state index in [9.17, 15) is 4.79 Å². The van der Waals surface area contributed by atoms with E-state index < -0.39 is 0 Å². The molecule has 5 heteroatoms. The molecule has 122 valence electrons. The molecule has 1 N–H and O–H groups in total. The zero-order valence-corrected chi connectivity index (χ0v) is 13.6. The molecule has 0 aliphatic heterocycles. The highest BCUT2D eigenvalue weighted by atomic mass is 16.2. The van der Waals surface area contributed by atoms with Crippen LogP contribution in [0.2, 0.25) is 0 Å². The number of nitrogens with zero attached hydrogens (tertiary/aromatic N) is 3. The molecule has 5 nitrogen and oxygen atoms in total. The third-order valence-corrected chi connectivity index (χ3v) is 4.37. The van der Waals surface area contributed by atoms with Crippen LogP contribution in [0.15, 0.2) is 49.1 Å². The number of nitrogens with one attached hydrogen (secondary N) is 1. The fourth-order valence-electron chi connectivity index (χ4n) is 2.72. The molecular weight excluding hydrogens is 288 g/mol. The van der Waals surface area contributed by atoms with Crippen LogP contribution in [0.3, 0.4) is 0 Å². The summed E-state index contributed by atoms with van der Waals surface area (Å²) < 4.78 is 1.96. The Morgan fingerprint density at radius 2 is 2.17 bits per heavy atom. The lowest BCUT2D eigenvalue weighted by Gasteiger charge is -2.30. The first kappa shape index (κ1) is 15.6. The molecule has 0 spiro atoms. The predicted molar refractivity (Wildman–Crippen MR) is 89.9 cm³/mol. The summed E-state index contributed by atoms with van der Waals surface area (Å²) in [4.78, 5) is 18.6. The molecule has 0 bridgehead atoms. The Morgan fingerprint density at radius 3 is 2.83 bits per heavy atom. The van der Waals surface area contributed by atoms with Crippen molar-refractivity contribution in [1.82, 2.24) is 19.8 Å². The van der Waals surface area contributed by atoms with Crippen LogP contribution in [0.25, 0.3) is 0 Å². The van der Waals surface area contributed by atoms with Crippen molar-refractivity contribution in [2.24, 2.45) is 5.92 Å². The van der Waals surface area contributed by atoms with Gasteiger partial charge in [-0.05, 0) is 31.2 Å². The zero-order valence-electron chi connectivity index (χ0n) is 13.6. The monoisotopic (exact) mass is 312 g/mol. The lowest BCUT2D eigenvalue weighted by atomic mass is 10.1. The van der Waals surface area contributed by atoms with Crippen molar-refractivity contribution in [3.05, 3.63) is 54.6 Å². The molecule has 1 aromatic heterocycles. The van der Waals surface area contributed by atoms with E-state index in [1.807, 2.05) is 33.9 Å². The van der Waals surface area contributed by atoms with E-state index in [-0.39, 0.29) is 12.1 Å². The normalized spacial score (nSPS) is 15.2. The van der Waals surface area contributed by atoms with Gasteiger partial charge in [-0.1, -0.05) is 30.3 Å². The van der Waals surface area contributed by atoms with Gasteiger partial charge in [0, 0.05) is 32.0 Å². The number of amides is 2. The van der Waals surface area contributed by atoms with E-state index in [0.29, 0.717) is 12.5 Å². The van der Waals surface area contributed by atoms with Crippen LogP contribution in [-0.4, -0.2) is 33.6 Å². The molecule has 1 heterocycles. The van der Waals surface area contributed by atoms with Crippen molar-refractivity contribution in [1.29, 1.82) is 0 Å². The maximum atomic E-state index is 12.6. The number of carbonyl (C=O) groups excluding carboxylic acids is 1. The maximum Gasteiger partial charge on any atom is 0.317 e. The number of imidazole rings is 1. The van der Waals surface area contributed by atoms with E-state index >= 15 is 0 Å². The van der Waals surface area contributed by atoms with Crippen LogP contribution >= 0.6 is 0 Å². The van der Waals surface area contributed by atoms with Gasteiger partial charge in [-0.15, -0.1) is 0 Å². The molecule has 2 amide bonds. The summed E-state index contributed by atoms with van der Waals surface area (Å²) in [5.41, 5.74) is 1.18. The summed E-state index contributed by atoms with van der Waals surface area (Å²) >= 11 is 0. The van der Waals surface area contributed by atoms with Crippen molar-refractivity contribution >= 4 is 6.03 Å². The number of aromatic nitrogens is 2. The number of carbonyl (C=O) groups is 1. The van der Waals surface area contributed by atoms with Gasteiger partial charge >= 0.3 is 6.03 Å². The number of benzene rings is 1. The van der Waals surface area contributed by atoms with Crippen molar-refractivity contribution in [2.75, 3.05) is 13.1 Å². The average molecular weight is 312 g/mol. The van der Waals surface area contributed by atoms with Crippen LogP contribution in [0.1, 0.15) is 31.4 Å². The van der Waals surface area contributed by atoms with Gasteiger partial charge < -0.3 is 14.8 Å². The number of hydrogen-bond acceptors (Lipinski definition) is 2. The van der Waals surface area contributed by atoms with Crippen molar-refractivity contribution in [3.8, 4) is 0 Å².